The summed E-state index contributed by atoms with van der Waals surface area (Å²) in [4.78, 5) is 14.9. The van der Waals surface area contributed by atoms with Crippen molar-refractivity contribution in [1.29, 1.82) is 0 Å². The fourth-order valence-corrected chi connectivity index (χ4v) is 4.18. The molecule has 1 aromatic heterocycles. The van der Waals surface area contributed by atoms with Gasteiger partial charge < -0.3 is 19.5 Å². The van der Waals surface area contributed by atoms with Crippen LogP contribution in [0.4, 0.5) is 11.4 Å². The summed E-state index contributed by atoms with van der Waals surface area (Å²) in [5, 5.41) is 12.2. The lowest BCUT2D eigenvalue weighted by molar-refractivity contribution is -0.113. The Morgan fingerprint density at radius 2 is 1.80 bits per heavy atom. The highest BCUT2D eigenvalue weighted by molar-refractivity contribution is 7.99. The number of hydrogen-bond donors (Lipinski definition) is 1. The van der Waals surface area contributed by atoms with Gasteiger partial charge in [0.15, 0.2) is 5.16 Å². The van der Waals surface area contributed by atoms with E-state index < -0.39 is 0 Å². The number of anilines is 2. The highest BCUT2D eigenvalue weighted by Gasteiger charge is 2.17. The van der Waals surface area contributed by atoms with Gasteiger partial charge in [-0.05, 0) is 24.6 Å². The molecule has 1 aliphatic rings. The lowest BCUT2D eigenvalue weighted by Gasteiger charge is -2.30. The quantitative estimate of drug-likeness (QED) is 0.589. The molecule has 30 heavy (non-hydrogen) atoms. The van der Waals surface area contributed by atoms with Crippen molar-refractivity contribution >= 4 is 29.0 Å². The molecule has 0 spiro atoms. The number of nitrogens with zero attached hydrogens (tertiary/aromatic N) is 4. The highest BCUT2D eigenvalue weighted by atomic mass is 32.2. The average molecular weight is 424 g/mol. The Balaban J connectivity index is 1.39. The summed E-state index contributed by atoms with van der Waals surface area (Å²) in [6.07, 6.45) is 0. The second-order valence-corrected chi connectivity index (χ2v) is 8.00. The number of nitrogens with one attached hydrogen (secondary N) is 1. The van der Waals surface area contributed by atoms with E-state index in [2.05, 4.69) is 32.5 Å². The molecule has 1 N–H and O–H groups in total. The van der Waals surface area contributed by atoms with Crippen molar-refractivity contribution in [2.75, 3.05) is 42.3 Å². The van der Waals surface area contributed by atoms with Crippen LogP contribution in [0.15, 0.2) is 59.8 Å². The molecule has 1 amide bonds. The number of aryl methyl sites for hydroxylation is 1. The van der Waals surface area contributed by atoms with Gasteiger partial charge in [0.05, 0.1) is 36.9 Å². The van der Waals surface area contributed by atoms with Crippen LogP contribution in [-0.4, -0.2) is 52.7 Å². The van der Waals surface area contributed by atoms with Crippen molar-refractivity contribution in [3.63, 3.8) is 0 Å². The van der Waals surface area contributed by atoms with Crippen molar-refractivity contribution in [3.05, 3.63) is 66.0 Å². The van der Waals surface area contributed by atoms with E-state index in [0.717, 1.165) is 35.4 Å². The predicted octanol–water partition coefficient (Wildman–Crippen LogP) is 3.20. The monoisotopic (exact) mass is 423 g/mol. The van der Waals surface area contributed by atoms with Crippen LogP contribution < -0.4 is 10.2 Å². The molecular formula is C22H25N5O2S. The van der Waals surface area contributed by atoms with Gasteiger partial charge in [0.25, 0.3) is 0 Å². The summed E-state index contributed by atoms with van der Waals surface area (Å²) < 4.78 is 7.47. The summed E-state index contributed by atoms with van der Waals surface area (Å²) in [5.41, 5.74) is 3.03. The van der Waals surface area contributed by atoms with E-state index >= 15 is 0 Å². The Bertz CT molecular complexity index is 986. The lowest BCUT2D eigenvalue weighted by atomic mass is 10.2. The molecule has 0 saturated carbocycles. The molecular weight excluding hydrogens is 398 g/mol. The van der Waals surface area contributed by atoms with Gasteiger partial charge in [0.1, 0.15) is 5.82 Å². The number of rotatable bonds is 7. The van der Waals surface area contributed by atoms with Gasteiger partial charge in [-0.2, -0.15) is 0 Å². The van der Waals surface area contributed by atoms with Crippen molar-refractivity contribution in [3.8, 4) is 0 Å². The molecule has 7 nitrogen and oxygen atoms in total. The number of morpholine rings is 1. The number of benzene rings is 2. The third-order valence-corrected chi connectivity index (χ3v) is 5.91. The number of amides is 1. The SMILES string of the molecule is Cc1nnc(SCC(=O)Nc2ccccc2N2CCOCC2)n1Cc1ccccc1. The van der Waals surface area contributed by atoms with Gasteiger partial charge in [0.2, 0.25) is 5.91 Å². The van der Waals surface area contributed by atoms with Crippen molar-refractivity contribution < 1.29 is 9.53 Å². The maximum absolute atomic E-state index is 12.7. The van der Waals surface area contributed by atoms with Crippen molar-refractivity contribution in [2.45, 2.75) is 18.6 Å². The Kier molecular flexibility index (Phi) is 6.66. The van der Waals surface area contributed by atoms with E-state index in [4.69, 9.17) is 4.74 Å². The van der Waals surface area contributed by atoms with Crippen LogP contribution in [0.25, 0.3) is 0 Å². The fraction of sp³-hybridized carbons (Fsp3) is 0.318. The highest BCUT2D eigenvalue weighted by Crippen LogP contribution is 2.27. The van der Waals surface area contributed by atoms with E-state index in [1.165, 1.54) is 17.3 Å². The number of thioether (sulfide) groups is 1. The molecule has 0 radical (unpaired) electrons. The molecule has 1 saturated heterocycles. The van der Waals surface area contributed by atoms with E-state index in [9.17, 15) is 4.79 Å². The van der Waals surface area contributed by atoms with Gasteiger partial charge in [-0.15, -0.1) is 10.2 Å². The van der Waals surface area contributed by atoms with Gasteiger partial charge in [0, 0.05) is 13.1 Å². The van der Waals surface area contributed by atoms with Crippen LogP contribution in [-0.2, 0) is 16.1 Å². The zero-order valence-corrected chi connectivity index (χ0v) is 17.8. The Morgan fingerprint density at radius 3 is 2.60 bits per heavy atom. The summed E-state index contributed by atoms with van der Waals surface area (Å²) in [6.45, 7) is 5.66. The third kappa shape index (κ3) is 5.01. The number of aromatic nitrogens is 3. The molecule has 0 aliphatic carbocycles. The normalized spacial score (nSPS) is 14.0. The minimum Gasteiger partial charge on any atom is -0.378 e. The van der Waals surface area contributed by atoms with Crippen LogP contribution in [0.2, 0.25) is 0 Å². The smallest absolute Gasteiger partial charge is 0.234 e. The molecule has 1 fully saturated rings. The van der Waals surface area contributed by atoms with Gasteiger partial charge in [-0.25, -0.2) is 0 Å². The van der Waals surface area contributed by atoms with Crippen molar-refractivity contribution in [1.82, 2.24) is 14.8 Å². The van der Waals surface area contributed by atoms with E-state index in [0.29, 0.717) is 19.8 Å². The number of carbonyl (C=O) groups excluding carboxylic acids is 1. The number of para-hydroxylation sites is 2. The molecule has 3 aromatic rings. The Hall–Kier alpha value is -2.84. The summed E-state index contributed by atoms with van der Waals surface area (Å²) in [5.74, 6) is 1.04. The maximum Gasteiger partial charge on any atom is 0.234 e. The van der Waals surface area contributed by atoms with Crippen LogP contribution in [0, 0.1) is 6.92 Å². The second-order valence-electron chi connectivity index (χ2n) is 7.05. The first-order chi connectivity index (χ1) is 14.7. The van der Waals surface area contributed by atoms with E-state index in [-0.39, 0.29) is 11.7 Å². The van der Waals surface area contributed by atoms with Crippen molar-refractivity contribution in [2.24, 2.45) is 0 Å². The molecule has 2 aromatic carbocycles. The Morgan fingerprint density at radius 1 is 1.07 bits per heavy atom. The first-order valence-corrected chi connectivity index (χ1v) is 11.0. The average Bonchev–Trinajstić information content (AvgIpc) is 3.13. The first-order valence-electron chi connectivity index (χ1n) is 9.99. The van der Waals surface area contributed by atoms with Gasteiger partial charge in [-0.3, -0.25) is 4.79 Å². The zero-order valence-electron chi connectivity index (χ0n) is 17.0. The summed E-state index contributed by atoms with van der Waals surface area (Å²) in [7, 11) is 0. The molecule has 0 bridgehead atoms. The molecule has 2 heterocycles. The number of hydrogen-bond acceptors (Lipinski definition) is 6. The maximum atomic E-state index is 12.7. The molecule has 8 heteroatoms. The molecule has 4 rings (SSSR count). The Labute approximate surface area is 180 Å². The van der Waals surface area contributed by atoms with Gasteiger partial charge in [-0.1, -0.05) is 54.2 Å². The predicted molar refractivity (Wildman–Crippen MR) is 119 cm³/mol. The molecule has 0 unspecified atom stereocenters. The van der Waals surface area contributed by atoms with Crippen LogP contribution in [0.1, 0.15) is 11.4 Å². The fourth-order valence-electron chi connectivity index (χ4n) is 3.39. The largest absolute Gasteiger partial charge is 0.378 e. The second kappa shape index (κ2) is 9.77. The molecule has 156 valence electrons. The minimum absolute atomic E-state index is 0.0624. The standard InChI is InChI=1S/C22H25N5O2S/c1-17-24-25-22(27(17)15-18-7-3-2-4-8-18)30-16-21(28)23-19-9-5-6-10-20(19)26-11-13-29-14-12-26/h2-10H,11-16H2,1H3,(H,23,28). The van der Waals surface area contributed by atoms with Crippen LogP contribution in [0.3, 0.4) is 0 Å². The van der Waals surface area contributed by atoms with E-state index in [1.807, 2.05) is 54.0 Å². The third-order valence-electron chi connectivity index (χ3n) is 4.95. The van der Waals surface area contributed by atoms with Gasteiger partial charge >= 0.3 is 0 Å². The molecule has 1 aliphatic heterocycles. The minimum atomic E-state index is -0.0624. The number of carbonyl (C=O) groups is 1. The van der Waals surface area contributed by atoms with E-state index in [1.54, 1.807) is 0 Å². The lowest BCUT2D eigenvalue weighted by Crippen LogP contribution is -2.36. The summed E-state index contributed by atoms with van der Waals surface area (Å²) in [6, 6.07) is 18.1. The zero-order chi connectivity index (χ0) is 20.8. The first kappa shape index (κ1) is 20.4. The summed E-state index contributed by atoms with van der Waals surface area (Å²) >= 11 is 1.40. The molecule has 0 atom stereocenters. The number of ether oxygens (including phenoxy) is 1. The topological polar surface area (TPSA) is 72.3 Å². The van der Waals surface area contributed by atoms with Crippen LogP contribution >= 0.6 is 11.8 Å². The van der Waals surface area contributed by atoms with Crippen LogP contribution in [0.5, 0.6) is 0 Å².